The molecule has 0 atom stereocenters. The quantitative estimate of drug-likeness (QED) is 0.729. The molecule has 0 aromatic carbocycles. The molecule has 5 nitrogen and oxygen atoms in total. The van der Waals surface area contributed by atoms with Crippen LogP contribution in [0.1, 0.15) is 10.4 Å². The van der Waals surface area contributed by atoms with Crippen LogP contribution < -0.4 is 0 Å². The highest BCUT2D eigenvalue weighted by molar-refractivity contribution is 5.99. The molecule has 0 radical (unpaired) electrons. The first-order chi connectivity index (χ1) is 8.36. The minimum Gasteiger partial charge on any atom is -0.378 e. The number of imidazole rings is 1. The van der Waals surface area contributed by atoms with Gasteiger partial charge in [-0.2, -0.15) is 0 Å². The lowest BCUT2D eigenvalue weighted by molar-refractivity contribution is 0.0304. The van der Waals surface area contributed by atoms with Gasteiger partial charge in [0.05, 0.1) is 18.8 Å². The molecule has 0 unspecified atom stereocenters. The van der Waals surface area contributed by atoms with Gasteiger partial charge in [-0.15, -0.1) is 0 Å². The van der Waals surface area contributed by atoms with Gasteiger partial charge in [-0.1, -0.05) is 0 Å². The Morgan fingerprint density at radius 1 is 1.29 bits per heavy atom. The van der Waals surface area contributed by atoms with Gasteiger partial charge >= 0.3 is 0 Å². The molecular formula is C12H13N3O2. The fourth-order valence-electron chi connectivity index (χ4n) is 2.05. The van der Waals surface area contributed by atoms with Gasteiger partial charge in [-0.3, -0.25) is 4.79 Å². The number of nitrogens with zero attached hydrogens (tertiary/aromatic N) is 3. The van der Waals surface area contributed by atoms with Crippen molar-refractivity contribution in [3.8, 4) is 0 Å². The summed E-state index contributed by atoms with van der Waals surface area (Å²) < 4.78 is 7.10. The van der Waals surface area contributed by atoms with Crippen LogP contribution >= 0.6 is 0 Å². The Labute approximate surface area is 98.6 Å². The molecule has 0 aliphatic carbocycles. The van der Waals surface area contributed by atoms with Crippen LogP contribution in [0.3, 0.4) is 0 Å². The number of hydrogen-bond donors (Lipinski definition) is 0. The summed E-state index contributed by atoms with van der Waals surface area (Å²) in [4.78, 5) is 18.4. The molecule has 0 saturated carbocycles. The van der Waals surface area contributed by atoms with Crippen LogP contribution in [0.25, 0.3) is 5.65 Å². The van der Waals surface area contributed by atoms with E-state index in [9.17, 15) is 4.79 Å². The van der Waals surface area contributed by atoms with E-state index in [-0.39, 0.29) is 5.91 Å². The molecule has 3 heterocycles. The van der Waals surface area contributed by atoms with Crippen molar-refractivity contribution in [1.29, 1.82) is 0 Å². The number of aromatic nitrogens is 2. The minimum absolute atomic E-state index is 0.0325. The lowest BCUT2D eigenvalue weighted by atomic mass is 10.2. The predicted molar refractivity (Wildman–Crippen MR) is 61.9 cm³/mol. The number of rotatable bonds is 1. The zero-order valence-electron chi connectivity index (χ0n) is 9.37. The van der Waals surface area contributed by atoms with Gasteiger partial charge in [0.1, 0.15) is 5.65 Å². The highest BCUT2D eigenvalue weighted by Crippen LogP contribution is 2.12. The molecule has 2 aromatic rings. The van der Waals surface area contributed by atoms with E-state index in [0.29, 0.717) is 37.5 Å². The topological polar surface area (TPSA) is 46.8 Å². The van der Waals surface area contributed by atoms with Gasteiger partial charge in [-0.25, -0.2) is 4.98 Å². The normalized spacial score (nSPS) is 16.4. The van der Waals surface area contributed by atoms with Crippen LogP contribution in [0.15, 0.2) is 30.7 Å². The van der Waals surface area contributed by atoms with Crippen molar-refractivity contribution in [3.63, 3.8) is 0 Å². The minimum atomic E-state index is 0.0325. The van der Waals surface area contributed by atoms with E-state index in [1.54, 1.807) is 6.20 Å². The van der Waals surface area contributed by atoms with Crippen LogP contribution in [0, 0.1) is 0 Å². The number of ether oxygens (including phenoxy) is 1. The predicted octanol–water partition coefficient (Wildman–Crippen LogP) is 0.807. The van der Waals surface area contributed by atoms with Crippen LogP contribution in [0.2, 0.25) is 0 Å². The number of morpholine rings is 1. The summed E-state index contributed by atoms with van der Waals surface area (Å²) in [6, 6.07) is 3.68. The Morgan fingerprint density at radius 2 is 2.12 bits per heavy atom. The third kappa shape index (κ3) is 1.78. The standard InChI is InChI=1S/C12H13N3O2/c16-12(15-6-8-17-9-7-15)10-2-1-4-14-5-3-13-11(10)14/h1-5H,6-9H2. The van der Waals surface area contributed by atoms with Crippen molar-refractivity contribution in [2.24, 2.45) is 0 Å². The first kappa shape index (κ1) is 10.3. The molecule has 1 fully saturated rings. The van der Waals surface area contributed by atoms with E-state index in [1.807, 2.05) is 33.8 Å². The maximum Gasteiger partial charge on any atom is 0.257 e. The van der Waals surface area contributed by atoms with Crippen LogP contribution in [-0.4, -0.2) is 46.5 Å². The molecule has 3 rings (SSSR count). The zero-order valence-corrected chi connectivity index (χ0v) is 9.37. The van der Waals surface area contributed by atoms with Gasteiger partial charge in [0, 0.05) is 31.7 Å². The van der Waals surface area contributed by atoms with Crippen molar-refractivity contribution >= 4 is 11.6 Å². The Hall–Kier alpha value is -1.88. The highest BCUT2D eigenvalue weighted by atomic mass is 16.5. The van der Waals surface area contributed by atoms with Crippen molar-refractivity contribution in [2.45, 2.75) is 0 Å². The molecular weight excluding hydrogens is 218 g/mol. The molecule has 5 heteroatoms. The fraction of sp³-hybridized carbons (Fsp3) is 0.333. The lowest BCUT2D eigenvalue weighted by Crippen LogP contribution is -2.40. The summed E-state index contributed by atoms with van der Waals surface area (Å²) in [5, 5.41) is 0. The molecule has 0 bridgehead atoms. The van der Waals surface area contributed by atoms with E-state index in [2.05, 4.69) is 4.98 Å². The monoisotopic (exact) mass is 231 g/mol. The summed E-state index contributed by atoms with van der Waals surface area (Å²) in [6.07, 6.45) is 5.43. The van der Waals surface area contributed by atoms with E-state index in [4.69, 9.17) is 4.74 Å². The van der Waals surface area contributed by atoms with Gasteiger partial charge in [0.15, 0.2) is 0 Å². The molecule has 1 saturated heterocycles. The number of hydrogen-bond acceptors (Lipinski definition) is 3. The molecule has 0 spiro atoms. The SMILES string of the molecule is O=C(c1cccn2ccnc12)N1CCOCC1. The van der Waals surface area contributed by atoms with E-state index < -0.39 is 0 Å². The van der Waals surface area contributed by atoms with Crippen LogP contribution in [-0.2, 0) is 4.74 Å². The number of pyridine rings is 1. The molecule has 0 N–H and O–H groups in total. The number of carbonyl (C=O) groups is 1. The fourth-order valence-corrected chi connectivity index (χ4v) is 2.05. The van der Waals surface area contributed by atoms with Crippen LogP contribution in [0.4, 0.5) is 0 Å². The van der Waals surface area contributed by atoms with E-state index in [1.165, 1.54) is 0 Å². The van der Waals surface area contributed by atoms with Crippen molar-refractivity contribution in [1.82, 2.24) is 14.3 Å². The first-order valence-corrected chi connectivity index (χ1v) is 5.65. The lowest BCUT2D eigenvalue weighted by Gasteiger charge is -2.26. The highest BCUT2D eigenvalue weighted by Gasteiger charge is 2.20. The number of fused-ring (bicyclic) bond motifs is 1. The summed E-state index contributed by atoms with van der Waals surface area (Å²) in [7, 11) is 0. The summed E-state index contributed by atoms with van der Waals surface area (Å²) in [6.45, 7) is 2.54. The maximum atomic E-state index is 12.3. The molecule has 1 amide bonds. The summed E-state index contributed by atoms with van der Waals surface area (Å²) >= 11 is 0. The third-order valence-electron chi connectivity index (χ3n) is 2.95. The van der Waals surface area contributed by atoms with Gasteiger partial charge in [0.25, 0.3) is 5.91 Å². The molecule has 88 valence electrons. The Bertz CT molecular complexity index is 543. The largest absolute Gasteiger partial charge is 0.378 e. The average molecular weight is 231 g/mol. The molecule has 17 heavy (non-hydrogen) atoms. The smallest absolute Gasteiger partial charge is 0.257 e. The zero-order chi connectivity index (χ0) is 11.7. The van der Waals surface area contributed by atoms with Crippen molar-refractivity contribution in [3.05, 3.63) is 36.3 Å². The van der Waals surface area contributed by atoms with Crippen molar-refractivity contribution in [2.75, 3.05) is 26.3 Å². The Balaban J connectivity index is 1.97. The van der Waals surface area contributed by atoms with Gasteiger partial charge < -0.3 is 14.0 Å². The number of carbonyl (C=O) groups excluding carboxylic acids is 1. The summed E-state index contributed by atoms with van der Waals surface area (Å²) in [5.41, 5.74) is 1.36. The van der Waals surface area contributed by atoms with Crippen molar-refractivity contribution < 1.29 is 9.53 Å². The second kappa shape index (κ2) is 4.18. The summed E-state index contributed by atoms with van der Waals surface area (Å²) in [5.74, 6) is 0.0325. The number of amides is 1. The molecule has 2 aromatic heterocycles. The average Bonchev–Trinajstić information content (AvgIpc) is 2.87. The molecule has 1 aliphatic heterocycles. The first-order valence-electron chi connectivity index (χ1n) is 5.65. The second-order valence-corrected chi connectivity index (χ2v) is 3.98. The Kier molecular flexibility index (Phi) is 2.53. The van der Waals surface area contributed by atoms with Crippen LogP contribution in [0.5, 0.6) is 0 Å². The molecule has 1 aliphatic rings. The van der Waals surface area contributed by atoms with Gasteiger partial charge in [0.2, 0.25) is 0 Å². The Morgan fingerprint density at radius 3 is 2.94 bits per heavy atom. The van der Waals surface area contributed by atoms with E-state index >= 15 is 0 Å². The van der Waals surface area contributed by atoms with E-state index in [0.717, 1.165) is 0 Å². The second-order valence-electron chi connectivity index (χ2n) is 3.98. The van der Waals surface area contributed by atoms with Gasteiger partial charge in [-0.05, 0) is 12.1 Å². The third-order valence-corrected chi connectivity index (χ3v) is 2.95. The maximum absolute atomic E-state index is 12.3.